The Bertz CT molecular complexity index is 221. The zero-order chi connectivity index (χ0) is 6.85. The van der Waals surface area contributed by atoms with Crippen molar-refractivity contribution in [1.82, 2.24) is 0 Å². The third-order valence-electron chi connectivity index (χ3n) is 1.50. The van der Waals surface area contributed by atoms with Gasteiger partial charge in [-0.15, -0.1) is 11.6 Å². The van der Waals surface area contributed by atoms with Crippen molar-refractivity contribution in [2.45, 2.75) is 13.8 Å². The average Bonchev–Trinajstić information content (AvgIpc) is 1.80. The molecular weight excluding hydrogens is 209 g/mol. The molecule has 1 aromatic rings. The summed E-state index contributed by atoms with van der Waals surface area (Å²) >= 11 is 0. The number of hydrogen-bond acceptors (Lipinski definition) is 0. The van der Waals surface area contributed by atoms with Crippen molar-refractivity contribution >= 4 is 0 Å². The SMILES string of the molecule is [CH2-]c1cc(C)ccc1C.[Cl-].[Zn+2]. The molecule has 0 saturated heterocycles. The molecule has 0 N–H and O–H groups in total. The van der Waals surface area contributed by atoms with E-state index in [9.17, 15) is 0 Å². The molecule has 0 aliphatic rings. The van der Waals surface area contributed by atoms with E-state index < -0.39 is 0 Å². The molecule has 11 heavy (non-hydrogen) atoms. The summed E-state index contributed by atoms with van der Waals surface area (Å²) in [4.78, 5) is 0. The van der Waals surface area contributed by atoms with Gasteiger partial charge in [0, 0.05) is 0 Å². The van der Waals surface area contributed by atoms with Gasteiger partial charge in [-0.2, -0.15) is 24.1 Å². The van der Waals surface area contributed by atoms with E-state index in [1.54, 1.807) is 0 Å². The van der Waals surface area contributed by atoms with Crippen molar-refractivity contribution in [3.63, 3.8) is 0 Å². The number of aryl methyl sites for hydroxylation is 2. The van der Waals surface area contributed by atoms with Gasteiger partial charge in [-0.05, 0) is 0 Å². The molecule has 1 rings (SSSR count). The van der Waals surface area contributed by atoms with Gasteiger partial charge < -0.3 is 12.4 Å². The summed E-state index contributed by atoms with van der Waals surface area (Å²) in [5.74, 6) is 0. The smallest absolute Gasteiger partial charge is 1.00 e. The molecule has 0 spiro atoms. The van der Waals surface area contributed by atoms with Crippen molar-refractivity contribution in [2.75, 3.05) is 0 Å². The van der Waals surface area contributed by atoms with E-state index in [2.05, 4.69) is 39.0 Å². The molecule has 2 heteroatoms. The maximum atomic E-state index is 3.88. The standard InChI is InChI=1S/C9H11.ClH.Zn/c1-7-4-5-8(2)9(3)6-7;;/h4-6H,3H2,1-2H3;1H;/q-1;;+2/p-1. The molecule has 1 aromatic carbocycles. The normalized spacial score (nSPS) is 7.82. The Morgan fingerprint density at radius 3 is 2.09 bits per heavy atom. The molecule has 0 aliphatic carbocycles. The van der Waals surface area contributed by atoms with Crippen molar-refractivity contribution in [3.8, 4) is 0 Å². The van der Waals surface area contributed by atoms with Gasteiger partial charge in [0.25, 0.3) is 0 Å². The fraction of sp³-hybridized carbons (Fsp3) is 0.222. The van der Waals surface area contributed by atoms with E-state index >= 15 is 0 Å². The van der Waals surface area contributed by atoms with Crippen molar-refractivity contribution < 1.29 is 31.9 Å². The van der Waals surface area contributed by atoms with Crippen LogP contribution in [0.1, 0.15) is 16.7 Å². The van der Waals surface area contributed by atoms with Crippen molar-refractivity contribution in [2.24, 2.45) is 0 Å². The van der Waals surface area contributed by atoms with Crippen LogP contribution in [-0.2, 0) is 19.5 Å². The Labute approximate surface area is 87.6 Å². The molecule has 0 heterocycles. The van der Waals surface area contributed by atoms with Crippen LogP contribution in [-0.4, -0.2) is 0 Å². The maximum Gasteiger partial charge on any atom is 2.00 e. The molecule has 0 amide bonds. The molecule has 0 unspecified atom stereocenters. The van der Waals surface area contributed by atoms with E-state index in [-0.39, 0.29) is 31.9 Å². The molecule has 0 aliphatic heterocycles. The first-order valence-corrected chi connectivity index (χ1v) is 3.09. The zero-order valence-corrected chi connectivity index (χ0v) is 10.7. The Morgan fingerprint density at radius 2 is 1.73 bits per heavy atom. The number of hydrogen-bond donors (Lipinski definition) is 0. The predicted octanol–water partition coefficient (Wildman–Crippen LogP) is -0.513. The molecule has 0 saturated carbocycles. The fourth-order valence-electron chi connectivity index (χ4n) is 0.800. The topological polar surface area (TPSA) is 0 Å². The number of halogens is 1. The molecule has 0 bridgehead atoms. The maximum absolute atomic E-state index is 3.88. The fourth-order valence-corrected chi connectivity index (χ4v) is 0.800. The van der Waals surface area contributed by atoms with Gasteiger partial charge in [-0.1, -0.05) is 19.9 Å². The van der Waals surface area contributed by atoms with Gasteiger partial charge in [0.2, 0.25) is 0 Å². The quantitative estimate of drug-likeness (QED) is 0.408. The van der Waals surface area contributed by atoms with E-state index in [1.807, 2.05) is 0 Å². The minimum Gasteiger partial charge on any atom is -1.00 e. The Balaban J connectivity index is 0. The van der Waals surface area contributed by atoms with Crippen LogP contribution in [0.4, 0.5) is 0 Å². The number of rotatable bonds is 0. The van der Waals surface area contributed by atoms with E-state index in [0.717, 1.165) is 5.56 Å². The predicted molar refractivity (Wildman–Crippen MR) is 40.4 cm³/mol. The van der Waals surface area contributed by atoms with Gasteiger partial charge in [0.05, 0.1) is 0 Å². The van der Waals surface area contributed by atoms with Gasteiger partial charge in [-0.3, -0.25) is 0 Å². The minimum absolute atomic E-state index is 0. The first-order valence-electron chi connectivity index (χ1n) is 3.09. The first kappa shape index (κ1) is 13.6. The molecule has 0 aromatic heterocycles. The van der Waals surface area contributed by atoms with Crippen LogP contribution in [0.3, 0.4) is 0 Å². The average molecular weight is 220 g/mol. The molecule has 0 radical (unpaired) electrons. The van der Waals surface area contributed by atoms with Crippen LogP contribution in [0.5, 0.6) is 0 Å². The van der Waals surface area contributed by atoms with Gasteiger partial charge in [-0.25, -0.2) is 0 Å². The first-order chi connectivity index (χ1) is 4.20. The van der Waals surface area contributed by atoms with Crippen LogP contribution >= 0.6 is 0 Å². The van der Waals surface area contributed by atoms with Gasteiger partial charge >= 0.3 is 19.5 Å². The second-order valence-corrected chi connectivity index (χ2v) is 2.43. The van der Waals surface area contributed by atoms with Crippen LogP contribution in [0, 0.1) is 20.8 Å². The molecule has 0 atom stereocenters. The van der Waals surface area contributed by atoms with Crippen LogP contribution in [0.2, 0.25) is 0 Å². The summed E-state index contributed by atoms with van der Waals surface area (Å²) in [5.41, 5.74) is 3.68. The molecule has 56 valence electrons. The van der Waals surface area contributed by atoms with Crippen LogP contribution in [0.25, 0.3) is 0 Å². The van der Waals surface area contributed by atoms with Crippen LogP contribution in [0.15, 0.2) is 18.2 Å². The third-order valence-corrected chi connectivity index (χ3v) is 1.50. The minimum atomic E-state index is 0. The van der Waals surface area contributed by atoms with E-state index in [1.165, 1.54) is 11.1 Å². The summed E-state index contributed by atoms with van der Waals surface area (Å²) in [7, 11) is 0. The van der Waals surface area contributed by atoms with E-state index in [0.29, 0.717) is 0 Å². The third kappa shape index (κ3) is 3.79. The summed E-state index contributed by atoms with van der Waals surface area (Å²) in [6.45, 7) is 8.03. The summed E-state index contributed by atoms with van der Waals surface area (Å²) in [5, 5.41) is 0. The van der Waals surface area contributed by atoms with Crippen molar-refractivity contribution in [3.05, 3.63) is 41.8 Å². The number of benzene rings is 1. The molecule has 0 nitrogen and oxygen atoms in total. The van der Waals surface area contributed by atoms with Crippen molar-refractivity contribution in [1.29, 1.82) is 0 Å². The zero-order valence-electron chi connectivity index (χ0n) is 7.02. The van der Waals surface area contributed by atoms with E-state index in [4.69, 9.17) is 0 Å². The Kier molecular flexibility index (Phi) is 6.95. The second kappa shape index (κ2) is 5.63. The molecule has 0 fully saturated rings. The Morgan fingerprint density at radius 1 is 1.18 bits per heavy atom. The van der Waals surface area contributed by atoms with Gasteiger partial charge in [0.1, 0.15) is 0 Å². The molecular formula is C9H11ClZn. The summed E-state index contributed by atoms with van der Waals surface area (Å²) in [6, 6.07) is 6.29. The van der Waals surface area contributed by atoms with Gasteiger partial charge in [0.15, 0.2) is 0 Å². The Hall–Kier alpha value is 0.00338. The monoisotopic (exact) mass is 218 g/mol. The summed E-state index contributed by atoms with van der Waals surface area (Å²) < 4.78 is 0. The second-order valence-electron chi connectivity index (χ2n) is 2.43. The summed E-state index contributed by atoms with van der Waals surface area (Å²) in [6.07, 6.45) is 0. The largest absolute Gasteiger partial charge is 2.00 e. The van der Waals surface area contributed by atoms with Crippen LogP contribution < -0.4 is 12.4 Å².